The Morgan fingerprint density at radius 2 is 1.94 bits per heavy atom. The van der Waals surface area contributed by atoms with Gasteiger partial charge in [0.1, 0.15) is 5.75 Å². The van der Waals surface area contributed by atoms with Gasteiger partial charge in [-0.3, -0.25) is 0 Å². The number of nitrogens with one attached hydrogen (secondary N) is 1. The number of methoxy groups -OCH3 is 3. The Balaban J connectivity index is 2.26. The van der Waals surface area contributed by atoms with Crippen LogP contribution in [-0.4, -0.2) is 40.7 Å². The summed E-state index contributed by atoms with van der Waals surface area (Å²) in [7, 11) is 4.95. The Morgan fingerprint density at radius 3 is 2.59 bits per heavy atom. The molecule has 1 N–H and O–H groups in total. The molecule has 0 aromatic heterocycles. The molecule has 0 unspecified atom stereocenters. The maximum absolute atomic E-state index is 5.17. The highest BCUT2D eigenvalue weighted by Crippen LogP contribution is 2.12. The van der Waals surface area contributed by atoms with Crippen molar-refractivity contribution in [1.29, 1.82) is 0 Å². The van der Waals surface area contributed by atoms with Crippen molar-refractivity contribution < 1.29 is 14.2 Å². The van der Waals surface area contributed by atoms with Gasteiger partial charge in [0.15, 0.2) is 6.29 Å². The molecule has 0 saturated heterocycles. The molecule has 0 aliphatic heterocycles. The second-order valence-electron chi connectivity index (χ2n) is 3.71. The van der Waals surface area contributed by atoms with Crippen LogP contribution in [0.2, 0.25) is 0 Å². The predicted octanol–water partition coefficient (Wildman–Crippen LogP) is 1.45. The maximum Gasteiger partial charge on any atom is 0.169 e. The Hall–Kier alpha value is -1.10. The summed E-state index contributed by atoms with van der Waals surface area (Å²) in [6.07, 6.45) is 0.775. The third-order valence-electron chi connectivity index (χ3n) is 2.56. The molecule has 1 rings (SSSR count). The van der Waals surface area contributed by atoms with Gasteiger partial charge >= 0.3 is 0 Å². The van der Waals surface area contributed by atoms with Gasteiger partial charge in [-0.1, -0.05) is 12.1 Å². The topological polar surface area (TPSA) is 39.7 Å². The standard InChI is InChI=1S/C13H21NO3/c1-15-12-6-4-5-11(9-12)7-8-14-10-13(16-2)17-3/h4-6,9,13-14H,7-8,10H2,1-3H3. The molecule has 4 nitrogen and oxygen atoms in total. The number of rotatable bonds is 8. The van der Waals surface area contributed by atoms with Crippen molar-refractivity contribution in [2.75, 3.05) is 34.4 Å². The van der Waals surface area contributed by atoms with E-state index >= 15 is 0 Å². The van der Waals surface area contributed by atoms with E-state index < -0.39 is 0 Å². The van der Waals surface area contributed by atoms with E-state index in [2.05, 4.69) is 11.4 Å². The maximum atomic E-state index is 5.17. The lowest BCUT2D eigenvalue weighted by Crippen LogP contribution is -2.31. The van der Waals surface area contributed by atoms with Crippen LogP contribution >= 0.6 is 0 Å². The van der Waals surface area contributed by atoms with Crippen molar-refractivity contribution in [2.45, 2.75) is 12.7 Å². The zero-order valence-corrected chi connectivity index (χ0v) is 10.7. The first kappa shape index (κ1) is 14.0. The second kappa shape index (κ2) is 8.06. The molecule has 0 aliphatic rings. The van der Waals surface area contributed by atoms with E-state index in [1.807, 2.05) is 18.2 Å². The Morgan fingerprint density at radius 1 is 1.18 bits per heavy atom. The van der Waals surface area contributed by atoms with E-state index in [1.165, 1.54) is 5.56 Å². The van der Waals surface area contributed by atoms with Crippen molar-refractivity contribution in [1.82, 2.24) is 5.32 Å². The molecule has 96 valence electrons. The van der Waals surface area contributed by atoms with Crippen LogP contribution in [0.5, 0.6) is 5.75 Å². The van der Waals surface area contributed by atoms with Crippen LogP contribution < -0.4 is 10.1 Å². The van der Waals surface area contributed by atoms with Crippen LogP contribution in [0.1, 0.15) is 5.56 Å². The fraction of sp³-hybridized carbons (Fsp3) is 0.538. The first-order valence-electron chi connectivity index (χ1n) is 5.69. The van der Waals surface area contributed by atoms with Crippen molar-refractivity contribution in [3.8, 4) is 5.75 Å². The van der Waals surface area contributed by atoms with Crippen LogP contribution in [0.3, 0.4) is 0 Å². The number of hydrogen-bond acceptors (Lipinski definition) is 4. The zero-order valence-electron chi connectivity index (χ0n) is 10.7. The third kappa shape index (κ3) is 5.17. The van der Waals surface area contributed by atoms with E-state index in [9.17, 15) is 0 Å². The smallest absolute Gasteiger partial charge is 0.169 e. The minimum absolute atomic E-state index is 0.180. The molecule has 4 heteroatoms. The first-order valence-corrected chi connectivity index (χ1v) is 5.69. The average Bonchev–Trinajstić information content (AvgIpc) is 2.39. The molecule has 0 fully saturated rings. The van der Waals surface area contributed by atoms with Gasteiger partial charge in [-0.15, -0.1) is 0 Å². The van der Waals surface area contributed by atoms with E-state index in [0.29, 0.717) is 6.54 Å². The van der Waals surface area contributed by atoms with Gasteiger partial charge < -0.3 is 19.5 Å². The lowest BCUT2D eigenvalue weighted by atomic mass is 10.1. The molecule has 0 saturated carbocycles. The summed E-state index contributed by atoms with van der Waals surface area (Å²) in [5.74, 6) is 0.897. The Labute approximate surface area is 103 Å². The summed E-state index contributed by atoms with van der Waals surface area (Å²) in [5, 5.41) is 3.28. The SMILES string of the molecule is COc1cccc(CCNCC(OC)OC)c1. The summed E-state index contributed by atoms with van der Waals surface area (Å²) in [4.78, 5) is 0. The fourth-order valence-electron chi connectivity index (χ4n) is 1.54. The lowest BCUT2D eigenvalue weighted by molar-refractivity contribution is -0.0986. The molecule has 0 amide bonds. The van der Waals surface area contributed by atoms with Gasteiger partial charge in [0, 0.05) is 20.8 Å². The molecular weight excluding hydrogens is 218 g/mol. The summed E-state index contributed by atoms with van der Waals surface area (Å²) in [6.45, 7) is 1.58. The van der Waals surface area contributed by atoms with Crippen LogP contribution in [-0.2, 0) is 15.9 Å². The summed E-state index contributed by atoms with van der Waals surface area (Å²) in [6, 6.07) is 8.09. The highest BCUT2D eigenvalue weighted by molar-refractivity contribution is 5.28. The number of ether oxygens (including phenoxy) is 3. The first-order chi connectivity index (χ1) is 8.30. The van der Waals surface area contributed by atoms with E-state index in [0.717, 1.165) is 18.7 Å². The van der Waals surface area contributed by atoms with Gasteiger partial charge in [0.05, 0.1) is 7.11 Å². The summed E-state index contributed by atoms with van der Waals surface area (Å²) >= 11 is 0. The fourth-order valence-corrected chi connectivity index (χ4v) is 1.54. The highest BCUT2D eigenvalue weighted by atomic mass is 16.7. The van der Waals surface area contributed by atoms with E-state index in [1.54, 1.807) is 21.3 Å². The second-order valence-corrected chi connectivity index (χ2v) is 3.71. The molecule has 0 bridgehead atoms. The Bertz CT molecular complexity index is 313. The van der Waals surface area contributed by atoms with Crippen LogP contribution in [0, 0.1) is 0 Å². The van der Waals surface area contributed by atoms with Crippen LogP contribution in [0.15, 0.2) is 24.3 Å². The molecular formula is C13H21NO3. The molecule has 0 aliphatic carbocycles. The highest BCUT2D eigenvalue weighted by Gasteiger charge is 2.03. The lowest BCUT2D eigenvalue weighted by Gasteiger charge is -2.14. The van der Waals surface area contributed by atoms with Gasteiger partial charge in [0.25, 0.3) is 0 Å². The largest absolute Gasteiger partial charge is 0.497 e. The molecule has 1 aromatic carbocycles. The van der Waals surface area contributed by atoms with E-state index in [-0.39, 0.29) is 6.29 Å². The minimum atomic E-state index is -0.180. The zero-order chi connectivity index (χ0) is 12.5. The number of benzene rings is 1. The molecule has 1 aromatic rings. The Kier molecular flexibility index (Phi) is 6.62. The van der Waals surface area contributed by atoms with Gasteiger partial charge in [-0.05, 0) is 30.7 Å². The van der Waals surface area contributed by atoms with Gasteiger partial charge in [-0.25, -0.2) is 0 Å². The summed E-state index contributed by atoms with van der Waals surface area (Å²) in [5.41, 5.74) is 1.25. The van der Waals surface area contributed by atoms with Crippen LogP contribution in [0.4, 0.5) is 0 Å². The minimum Gasteiger partial charge on any atom is -0.497 e. The van der Waals surface area contributed by atoms with Gasteiger partial charge in [0.2, 0.25) is 0 Å². The monoisotopic (exact) mass is 239 g/mol. The third-order valence-corrected chi connectivity index (χ3v) is 2.56. The molecule has 17 heavy (non-hydrogen) atoms. The van der Waals surface area contributed by atoms with Crippen molar-refractivity contribution >= 4 is 0 Å². The predicted molar refractivity (Wildman–Crippen MR) is 67.4 cm³/mol. The van der Waals surface area contributed by atoms with Crippen LogP contribution in [0.25, 0.3) is 0 Å². The summed E-state index contributed by atoms with van der Waals surface area (Å²) < 4.78 is 15.3. The normalized spacial score (nSPS) is 10.8. The quantitative estimate of drug-likeness (QED) is 0.550. The average molecular weight is 239 g/mol. The van der Waals surface area contributed by atoms with E-state index in [4.69, 9.17) is 14.2 Å². The van der Waals surface area contributed by atoms with Crippen molar-refractivity contribution in [3.05, 3.63) is 29.8 Å². The molecule has 0 atom stereocenters. The molecule has 0 heterocycles. The van der Waals surface area contributed by atoms with Crippen molar-refractivity contribution in [3.63, 3.8) is 0 Å². The molecule has 0 radical (unpaired) electrons. The van der Waals surface area contributed by atoms with Gasteiger partial charge in [-0.2, -0.15) is 0 Å². The molecule has 0 spiro atoms. The van der Waals surface area contributed by atoms with Crippen molar-refractivity contribution in [2.24, 2.45) is 0 Å². The number of hydrogen-bond donors (Lipinski definition) is 1.